The third-order valence-corrected chi connectivity index (χ3v) is 6.70. The summed E-state index contributed by atoms with van der Waals surface area (Å²) in [5, 5.41) is 15.8. The highest BCUT2D eigenvalue weighted by atomic mass is 32.1. The van der Waals surface area contributed by atoms with Crippen molar-refractivity contribution in [2.24, 2.45) is 40.6 Å². The van der Waals surface area contributed by atoms with E-state index in [9.17, 15) is 19.7 Å². The molecule has 6 rings (SSSR count). The number of allylic oxidation sites excluding steroid dienone is 2. The van der Waals surface area contributed by atoms with Crippen molar-refractivity contribution in [2.75, 3.05) is 0 Å². The summed E-state index contributed by atoms with van der Waals surface area (Å²) in [5.41, 5.74) is 0. The maximum absolute atomic E-state index is 12.7. The number of imide groups is 1. The Hall–Kier alpha value is -2.35. The van der Waals surface area contributed by atoms with Crippen molar-refractivity contribution in [3.05, 3.63) is 39.3 Å². The maximum Gasteiger partial charge on any atom is 0.324 e. The van der Waals surface area contributed by atoms with E-state index in [1.807, 2.05) is 0 Å². The van der Waals surface area contributed by atoms with Crippen LogP contribution in [0.3, 0.4) is 0 Å². The highest BCUT2D eigenvalue weighted by Crippen LogP contribution is 2.65. The number of hydrogen-bond acceptors (Lipinski definition) is 6. The predicted octanol–water partition coefficient (Wildman–Crippen LogP) is 2.04. The highest BCUT2D eigenvalue weighted by Gasteiger charge is 2.67. The van der Waals surface area contributed by atoms with E-state index in [1.54, 1.807) is 6.07 Å². The Morgan fingerprint density at radius 1 is 1.17 bits per heavy atom. The van der Waals surface area contributed by atoms with Gasteiger partial charge in [-0.15, -0.1) is 0 Å². The molecule has 2 saturated carbocycles. The van der Waals surface area contributed by atoms with E-state index in [4.69, 9.17) is 0 Å². The number of nitro groups is 1. The summed E-state index contributed by atoms with van der Waals surface area (Å²) in [6.45, 7) is 0. The number of carbonyl (C=O) groups excluding carboxylic acids is 2. The molecule has 0 aromatic carbocycles. The monoisotopic (exact) mass is 343 g/mol. The molecule has 0 unspecified atom stereocenters. The number of amides is 2. The molecule has 122 valence electrons. The Balaban J connectivity index is 1.42. The molecule has 2 amide bonds. The zero-order chi connectivity index (χ0) is 16.6. The molecular formula is C16H13N3O4S. The van der Waals surface area contributed by atoms with Gasteiger partial charge in [0.25, 0.3) is 11.8 Å². The van der Waals surface area contributed by atoms with Crippen molar-refractivity contribution >= 4 is 34.4 Å². The van der Waals surface area contributed by atoms with Crippen molar-refractivity contribution in [3.63, 3.8) is 0 Å². The van der Waals surface area contributed by atoms with Crippen molar-refractivity contribution in [1.29, 1.82) is 0 Å². The normalized spacial score (nSPS) is 38.8. The van der Waals surface area contributed by atoms with E-state index < -0.39 is 4.92 Å². The first-order valence-electron chi connectivity index (χ1n) is 7.90. The van der Waals surface area contributed by atoms with Gasteiger partial charge in [0.15, 0.2) is 0 Å². The third-order valence-electron chi connectivity index (χ3n) is 5.73. The topological polar surface area (TPSA) is 92.9 Å². The van der Waals surface area contributed by atoms with Crippen LogP contribution in [0.4, 0.5) is 5.00 Å². The maximum atomic E-state index is 12.7. The summed E-state index contributed by atoms with van der Waals surface area (Å²) in [4.78, 5) is 36.2. The molecule has 4 aliphatic carbocycles. The summed E-state index contributed by atoms with van der Waals surface area (Å²) in [7, 11) is 0. The van der Waals surface area contributed by atoms with E-state index in [2.05, 4.69) is 17.3 Å². The van der Waals surface area contributed by atoms with Gasteiger partial charge in [-0.05, 0) is 36.2 Å². The lowest BCUT2D eigenvalue weighted by Crippen LogP contribution is -2.40. The lowest BCUT2D eigenvalue weighted by Gasteiger charge is -2.37. The molecule has 1 aliphatic heterocycles. The van der Waals surface area contributed by atoms with Gasteiger partial charge in [-0.3, -0.25) is 19.7 Å². The zero-order valence-electron chi connectivity index (χ0n) is 12.4. The zero-order valence-corrected chi connectivity index (χ0v) is 13.3. The van der Waals surface area contributed by atoms with E-state index in [-0.39, 0.29) is 40.5 Å². The van der Waals surface area contributed by atoms with Gasteiger partial charge in [-0.25, -0.2) is 0 Å². The Morgan fingerprint density at radius 2 is 1.79 bits per heavy atom. The highest BCUT2D eigenvalue weighted by molar-refractivity contribution is 7.16. The van der Waals surface area contributed by atoms with E-state index in [0.29, 0.717) is 16.7 Å². The van der Waals surface area contributed by atoms with Crippen LogP contribution in [-0.2, 0) is 9.59 Å². The molecule has 2 heterocycles. The lowest BCUT2D eigenvalue weighted by atomic mass is 9.63. The van der Waals surface area contributed by atoms with Crippen LogP contribution in [0.25, 0.3) is 0 Å². The molecule has 8 heteroatoms. The van der Waals surface area contributed by atoms with Crippen LogP contribution in [0.5, 0.6) is 0 Å². The summed E-state index contributed by atoms with van der Waals surface area (Å²) in [5.74, 6) is 0.462. The minimum atomic E-state index is -0.474. The summed E-state index contributed by atoms with van der Waals surface area (Å²) in [6, 6.07) is 2.95. The van der Waals surface area contributed by atoms with E-state index in [0.717, 1.165) is 22.8 Å². The van der Waals surface area contributed by atoms with Gasteiger partial charge in [-0.1, -0.05) is 23.5 Å². The number of thiophene rings is 1. The molecule has 3 fully saturated rings. The third kappa shape index (κ3) is 1.74. The molecule has 1 aromatic heterocycles. The average Bonchev–Trinajstić information content (AvgIpc) is 3.20. The first-order valence-corrected chi connectivity index (χ1v) is 8.72. The van der Waals surface area contributed by atoms with Gasteiger partial charge in [0.05, 0.1) is 27.9 Å². The molecule has 5 aliphatic rings. The summed E-state index contributed by atoms with van der Waals surface area (Å²) >= 11 is 0.963. The minimum absolute atomic E-state index is 0.00604. The van der Waals surface area contributed by atoms with Crippen LogP contribution in [0.2, 0.25) is 0 Å². The van der Waals surface area contributed by atoms with E-state index in [1.165, 1.54) is 12.3 Å². The second-order valence-corrected chi connectivity index (χ2v) is 7.91. The van der Waals surface area contributed by atoms with Crippen molar-refractivity contribution in [3.8, 4) is 0 Å². The van der Waals surface area contributed by atoms with Gasteiger partial charge in [0, 0.05) is 6.07 Å². The van der Waals surface area contributed by atoms with Crippen LogP contribution in [0, 0.1) is 45.6 Å². The molecule has 0 N–H and O–H groups in total. The molecule has 0 spiro atoms. The first kappa shape index (κ1) is 14.0. The van der Waals surface area contributed by atoms with Gasteiger partial charge >= 0.3 is 5.00 Å². The fourth-order valence-electron chi connectivity index (χ4n) is 4.68. The van der Waals surface area contributed by atoms with Crippen molar-refractivity contribution in [2.45, 2.75) is 6.42 Å². The van der Waals surface area contributed by atoms with Gasteiger partial charge in [-0.2, -0.15) is 10.1 Å². The minimum Gasteiger partial charge on any atom is -0.272 e. The van der Waals surface area contributed by atoms with Gasteiger partial charge < -0.3 is 0 Å². The van der Waals surface area contributed by atoms with Crippen LogP contribution < -0.4 is 0 Å². The number of hydrazone groups is 1. The fourth-order valence-corrected chi connectivity index (χ4v) is 5.37. The van der Waals surface area contributed by atoms with E-state index >= 15 is 0 Å². The van der Waals surface area contributed by atoms with Crippen molar-refractivity contribution < 1.29 is 14.5 Å². The number of nitrogens with zero attached hydrogens (tertiary/aromatic N) is 3. The molecule has 6 atom stereocenters. The fraction of sp³-hybridized carbons (Fsp3) is 0.438. The first-order chi connectivity index (χ1) is 11.6. The Bertz CT molecular complexity index is 808. The molecule has 0 radical (unpaired) electrons. The van der Waals surface area contributed by atoms with Crippen molar-refractivity contribution in [1.82, 2.24) is 5.01 Å². The second kappa shape index (κ2) is 4.60. The molecule has 1 aromatic rings. The summed E-state index contributed by atoms with van der Waals surface area (Å²) < 4.78 is 0. The number of hydrogen-bond donors (Lipinski definition) is 0. The standard InChI is InChI=1S/C16H13N3O4S/c20-15-13-8-2-3-9(11-5-10(8)11)14(13)16(21)18(15)17-6-7-1-4-12(24-7)19(22)23/h1-4,6,8-11,13-14H,5H2/b17-6+/t8-,9-,10-,11-,13-,14+/m1/s1. The Labute approximate surface area is 140 Å². The Morgan fingerprint density at radius 3 is 2.33 bits per heavy atom. The summed E-state index contributed by atoms with van der Waals surface area (Å²) in [6.07, 6.45) is 6.71. The largest absolute Gasteiger partial charge is 0.324 e. The molecular weight excluding hydrogens is 330 g/mol. The predicted molar refractivity (Wildman–Crippen MR) is 85.1 cm³/mol. The number of carbonyl (C=O) groups is 2. The van der Waals surface area contributed by atoms with Crippen LogP contribution in [0.1, 0.15) is 11.3 Å². The molecule has 2 bridgehead atoms. The smallest absolute Gasteiger partial charge is 0.272 e. The van der Waals surface area contributed by atoms with Crippen LogP contribution >= 0.6 is 11.3 Å². The SMILES string of the molecule is O=C1[C@@H]2[C@@H]3C=C[C@H]([C@H]4C[C@H]34)[C@@H]2C(=O)N1/N=C/c1ccc([N+](=O)[O-])s1. The van der Waals surface area contributed by atoms with Crippen LogP contribution in [0.15, 0.2) is 29.4 Å². The average molecular weight is 343 g/mol. The number of rotatable bonds is 3. The second-order valence-electron chi connectivity index (χ2n) is 6.82. The molecule has 1 saturated heterocycles. The lowest BCUT2D eigenvalue weighted by molar-refractivity contribution is -0.380. The van der Waals surface area contributed by atoms with Gasteiger partial charge in [0.2, 0.25) is 0 Å². The Kier molecular flexibility index (Phi) is 2.69. The van der Waals surface area contributed by atoms with Crippen LogP contribution in [-0.4, -0.2) is 28.0 Å². The quantitative estimate of drug-likeness (QED) is 0.276. The molecule has 7 nitrogen and oxygen atoms in total. The molecule has 24 heavy (non-hydrogen) atoms. The van der Waals surface area contributed by atoms with Gasteiger partial charge in [0.1, 0.15) is 0 Å².